The van der Waals surface area contributed by atoms with Crippen LogP contribution in [0, 0.1) is 11.8 Å². The van der Waals surface area contributed by atoms with E-state index in [1.807, 2.05) is 0 Å². The van der Waals surface area contributed by atoms with Crippen molar-refractivity contribution < 1.29 is 4.79 Å². The van der Waals surface area contributed by atoms with Crippen molar-refractivity contribution in [2.75, 3.05) is 0 Å². The van der Waals surface area contributed by atoms with Gasteiger partial charge in [0, 0.05) is 31.0 Å². The summed E-state index contributed by atoms with van der Waals surface area (Å²) in [7, 11) is 0. The lowest BCUT2D eigenvalue weighted by Gasteiger charge is -2.52. The Bertz CT molecular complexity index is 301. The number of hydrogen-bond donors (Lipinski definition) is 0. The van der Waals surface area contributed by atoms with Crippen LogP contribution in [-0.4, -0.2) is 28.8 Å². The molecule has 1 aliphatic carbocycles. The molecular formula is C16H27NO. The van der Waals surface area contributed by atoms with Gasteiger partial charge in [0.05, 0.1) is 0 Å². The molecule has 2 nitrogen and oxygen atoms in total. The highest BCUT2D eigenvalue weighted by Crippen LogP contribution is 2.40. The minimum Gasteiger partial charge on any atom is -0.300 e. The molecule has 0 aromatic heterocycles. The first-order valence-electron chi connectivity index (χ1n) is 7.92. The average molecular weight is 249 g/mol. The fraction of sp³-hybridized carbons (Fsp3) is 0.938. The molecule has 0 N–H and O–H groups in total. The number of fused-ring (bicyclic) bond motifs is 2. The molecule has 2 bridgehead atoms. The second-order valence-electron chi connectivity index (χ2n) is 7.20. The first kappa shape index (κ1) is 12.7. The van der Waals surface area contributed by atoms with Gasteiger partial charge in [-0.05, 0) is 43.9 Å². The highest BCUT2D eigenvalue weighted by Gasteiger charge is 2.42. The van der Waals surface area contributed by atoms with Gasteiger partial charge in [-0.2, -0.15) is 0 Å². The maximum Gasteiger partial charge on any atom is 0.136 e. The molecule has 0 aromatic rings. The second-order valence-corrected chi connectivity index (χ2v) is 7.20. The van der Waals surface area contributed by atoms with E-state index < -0.39 is 0 Å². The van der Waals surface area contributed by atoms with Gasteiger partial charge in [0.25, 0.3) is 0 Å². The van der Waals surface area contributed by atoms with E-state index in [-0.39, 0.29) is 0 Å². The van der Waals surface area contributed by atoms with E-state index in [2.05, 4.69) is 18.7 Å². The Balaban J connectivity index is 1.76. The third-order valence-corrected chi connectivity index (χ3v) is 5.42. The molecule has 102 valence electrons. The number of piperidine rings is 2. The summed E-state index contributed by atoms with van der Waals surface area (Å²) >= 11 is 0. The number of ketones is 1. The molecule has 0 spiro atoms. The topological polar surface area (TPSA) is 20.3 Å². The lowest BCUT2D eigenvalue weighted by Crippen LogP contribution is -2.57. The zero-order chi connectivity index (χ0) is 12.7. The van der Waals surface area contributed by atoms with Crippen LogP contribution in [0.3, 0.4) is 0 Å². The van der Waals surface area contributed by atoms with Gasteiger partial charge in [-0.25, -0.2) is 0 Å². The van der Waals surface area contributed by atoms with Crippen molar-refractivity contribution in [3.8, 4) is 0 Å². The molecule has 2 saturated heterocycles. The van der Waals surface area contributed by atoms with E-state index in [0.717, 1.165) is 30.7 Å². The third kappa shape index (κ3) is 2.36. The van der Waals surface area contributed by atoms with Crippen LogP contribution < -0.4 is 0 Å². The molecule has 3 rings (SSSR count). The normalized spacial score (nSPS) is 46.1. The molecule has 4 atom stereocenters. The summed E-state index contributed by atoms with van der Waals surface area (Å²) in [6.07, 6.45) is 9.70. The minimum atomic E-state index is 0.526. The molecule has 0 radical (unpaired) electrons. The van der Waals surface area contributed by atoms with Crippen molar-refractivity contribution in [3.05, 3.63) is 0 Å². The Morgan fingerprint density at radius 2 is 1.44 bits per heavy atom. The number of carbonyl (C=O) groups excluding carboxylic acids is 1. The molecule has 18 heavy (non-hydrogen) atoms. The maximum absolute atomic E-state index is 11.8. The summed E-state index contributed by atoms with van der Waals surface area (Å²) < 4.78 is 0. The van der Waals surface area contributed by atoms with Crippen LogP contribution in [0.1, 0.15) is 65.2 Å². The van der Waals surface area contributed by atoms with E-state index in [0.29, 0.717) is 17.9 Å². The van der Waals surface area contributed by atoms with Gasteiger partial charge in [0.2, 0.25) is 0 Å². The Labute approximate surface area is 111 Å². The van der Waals surface area contributed by atoms with Gasteiger partial charge in [0.15, 0.2) is 0 Å². The summed E-state index contributed by atoms with van der Waals surface area (Å²) in [6, 6.07) is 1.95. The van der Waals surface area contributed by atoms with Crippen LogP contribution in [0.4, 0.5) is 0 Å². The third-order valence-electron chi connectivity index (χ3n) is 5.42. The van der Waals surface area contributed by atoms with Gasteiger partial charge < -0.3 is 0 Å². The Morgan fingerprint density at radius 3 is 2.00 bits per heavy atom. The van der Waals surface area contributed by atoms with Crippen molar-refractivity contribution in [2.24, 2.45) is 11.8 Å². The molecule has 2 heterocycles. The summed E-state index contributed by atoms with van der Waals surface area (Å²) in [6.45, 7) is 4.82. The highest BCUT2D eigenvalue weighted by molar-refractivity contribution is 5.80. The molecule has 3 aliphatic rings. The van der Waals surface area contributed by atoms with Crippen LogP contribution in [0.2, 0.25) is 0 Å². The van der Waals surface area contributed by atoms with E-state index in [1.54, 1.807) is 0 Å². The smallest absolute Gasteiger partial charge is 0.136 e. The zero-order valence-electron chi connectivity index (χ0n) is 11.9. The fourth-order valence-electron chi connectivity index (χ4n) is 4.95. The molecular weight excluding hydrogens is 222 g/mol. The fourth-order valence-corrected chi connectivity index (χ4v) is 4.95. The van der Waals surface area contributed by atoms with Crippen molar-refractivity contribution in [1.82, 2.24) is 4.90 Å². The van der Waals surface area contributed by atoms with E-state index >= 15 is 0 Å². The monoisotopic (exact) mass is 249 g/mol. The largest absolute Gasteiger partial charge is 0.300 e. The van der Waals surface area contributed by atoms with Gasteiger partial charge >= 0.3 is 0 Å². The van der Waals surface area contributed by atoms with Gasteiger partial charge in [0.1, 0.15) is 5.78 Å². The molecule has 0 aromatic carbocycles. The average Bonchev–Trinajstić information content (AvgIpc) is 2.26. The number of nitrogens with zero attached hydrogens (tertiary/aromatic N) is 1. The predicted molar refractivity (Wildman–Crippen MR) is 73.5 cm³/mol. The van der Waals surface area contributed by atoms with Crippen LogP contribution in [0.5, 0.6) is 0 Å². The molecule has 2 heteroatoms. The first-order valence-corrected chi connectivity index (χ1v) is 7.92. The number of hydrogen-bond acceptors (Lipinski definition) is 2. The highest BCUT2D eigenvalue weighted by atomic mass is 16.1. The molecule has 0 amide bonds. The van der Waals surface area contributed by atoms with Crippen molar-refractivity contribution in [2.45, 2.75) is 83.3 Å². The van der Waals surface area contributed by atoms with Crippen LogP contribution in [0.25, 0.3) is 0 Å². The Hall–Kier alpha value is -0.370. The SMILES string of the molecule is CC1CC(C)CC(N2C3CCCC2CC(=O)C3)C1. The van der Waals surface area contributed by atoms with Gasteiger partial charge in [-0.15, -0.1) is 0 Å². The summed E-state index contributed by atoms with van der Waals surface area (Å²) in [4.78, 5) is 14.6. The number of carbonyl (C=O) groups is 1. The second kappa shape index (κ2) is 4.96. The Kier molecular flexibility index (Phi) is 3.48. The minimum absolute atomic E-state index is 0.526. The van der Waals surface area contributed by atoms with Crippen molar-refractivity contribution in [3.63, 3.8) is 0 Å². The summed E-state index contributed by atoms with van der Waals surface area (Å²) in [5, 5.41) is 0. The standard InChI is InChI=1S/C16H27NO/c1-11-6-12(2)8-15(7-11)17-13-4-3-5-14(17)10-16(18)9-13/h11-15H,3-10H2,1-2H3. The predicted octanol–water partition coefficient (Wildman–Crippen LogP) is 3.40. The van der Waals surface area contributed by atoms with E-state index in [4.69, 9.17) is 0 Å². The quantitative estimate of drug-likeness (QED) is 0.710. The van der Waals surface area contributed by atoms with Crippen LogP contribution in [0.15, 0.2) is 0 Å². The maximum atomic E-state index is 11.8. The lowest BCUT2D eigenvalue weighted by atomic mass is 9.75. The van der Waals surface area contributed by atoms with E-state index in [1.165, 1.54) is 38.5 Å². The molecule has 4 unspecified atom stereocenters. The molecule has 3 fully saturated rings. The Morgan fingerprint density at radius 1 is 0.889 bits per heavy atom. The summed E-state index contributed by atoms with van der Waals surface area (Å²) in [5.41, 5.74) is 0. The number of Topliss-reactive ketones (excluding diaryl/α,β-unsaturated/α-hetero) is 1. The van der Waals surface area contributed by atoms with Gasteiger partial charge in [-0.3, -0.25) is 9.69 Å². The number of rotatable bonds is 1. The zero-order valence-corrected chi connectivity index (χ0v) is 11.9. The molecule has 2 aliphatic heterocycles. The summed E-state index contributed by atoms with van der Waals surface area (Å²) in [5.74, 6) is 2.27. The van der Waals surface area contributed by atoms with Crippen molar-refractivity contribution >= 4 is 5.78 Å². The molecule has 1 saturated carbocycles. The van der Waals surface area contributed by atoms with Crippen LogP contribution >= 0.6 is 0 Å². The van der Waals surface area contributed by atoms with Gasteiger partial charge in [-0.1, -0.05) is 20.3 Å². The lowest BCUT2D eigenvalue weighted by molar-refractivity contribution is -0.130. The van der Waals surface area contributed by atoms with E-state index in [9.17, 15) is 4.79 Å². The van der Waals surface area contributed by atoms with Crippen LogP contribution in [-0.2, 0) is 4.79 Å². The first-order chi connectivity index (χ1) is 8.63. The van der Waals surface area contributed by atoms with Crippen molar-refractivity contribution in [1.29, 1.82) is 0 Å².